The lowest BCUT2D eigenvalue weighted by molar-refractivity contribution is 0.174. The average molecular weight is 394 g/mol. The zero-order valence-electron chi connectivity index (χ0n) is 16.7. The Bertz CT molecular complexity index is 885. The molecule has 1 heterocycles. The Morgan fingerprint density at radius 2 is 1.66 bits per heavy atom. The van der Waals surface area contributed by atoms with Gasteiger partial charge in [0.1, 0.15) is 12.4 Å². The van der Waals surface area contributed by atoms with Gasteiger partial charge in [-0.3, -0.25) is 4.98 Å². The Kier molecular flexibility index (Phi) is 7.44. The van der Waals surface area contributed by atoms with Crippen LogP contribution in [0.4, 0.5) is 0 Å². The lowest BCUT2D eigenvalue weighted by atomic mass is 10.1. The minimum Gasteiger partial charge on any atom is -0.497 e. The van der Waals surface area contributed by atoms with Crippen LogP contribution in [0.25, 0.3) is 0 Å². The fourth-order valence-corrected chi connectivity index (χ4v) is 2.88. The minimum atomic E-state index is -0.592. The van der Waals surface area contributed by atoms with Gasteiger partial charge in [0.05, 0.1) is 20.3 Å². The van der Waals surface area contributed by atoms with Crippen LogP contribution in [0.1, 0.15) is 22.8 Å². The second-order valence-electron chi connectivity index (χ2n) is 6.55. The quantitative estimate of drug-likeness (QED) is 0.548. The van der Waals surface area contributed by atoms with E-state index in [0.717, 1.165) is 22.4 Å². The van der Waals surface area contributed by atoms with E-state index in [9.17, 15) is 5.11 Å². The largest absolute Gasteiger partial charge is 0.497 e. The Balaban J connectivity index is 1.52. The molecule has 0 saturated carbocycles. The number of nitrogens with one attached hydrogen (secondary N) is 1. The number of aliphatic hydroxyl groups is 1. The van der Waals surface area contributed by atoms with Gasteiger partial charge in [0, 0.05) is 25.5 Å². The molecule has 29 heavy (non-hydrogen) atoms. The number of nitrogens with zero attached hydrogens (tertiary/aromatic N) is 1. The van der Waals surface area contributed by atoms with Crippen molar-refractivity contribution in [1.29, 1.82) is 0 Å². The molecule has 1 atom stereocenters. The summed E-state index contributed by atoms with van der Waals surface area (Å²) in [6.45, 7) is 1.49. The normalized spacial score (nSPS) is 11.7. The fourth-order valence-electron chi connectivity index (χ4n) is 2.88. The number of benzene rings is 2. The van der Waals surface area contributed by atoms with E-state index in [1.165, 1.54) is 0 Å². The van der Waals surface area contributed by atoms with E-state index < -0.39 is 6.10 Å². The molecule has 0 radical (unpaired) electrons. The van der Waals surface area contributed by atoms with Gasteiger partial charge in [-0.05, 0) is 53.1 Å². The third-order valence-electron chi connectivity index (χ3n) is 4.54. The molecular formula is C23H26N2O4. The lowest BCUT2D eigenvalue weighted by Gasteiger charge is -2.15. The topological polar surface area (TPSA) is 72.8 Å². The van der Waals surface area contributed by atoms with Crippen LogP contribution in [0.15, 0.2) is 67.0 Å². The molecule has 152 valence electrons. The van der Waals surface area contributed by atoms with E-state index in [1.54, 1.807) is 26.6 Å². The maximum Gasteiger partial charge on any atom is 0.161 e. The summed E-state index contributed by atoms with van der Waals surface area (Å²) in [5, 5.41) is 13.6. The van der Waals surface area contributed by atoms with Gasteiger partial charge < -0.3 is 24.6 Å². The molecule has 0 aliphatic carbocycles. The molecule has 0 saturated heterocycles. The number of aromatic nitrogens is 1. The Morgan fingerprint density at radius 1 is 0.897 bits per heavy atom. The van der Waals surface area contributed by atoms with Crippen LogP contribution in [0.2, 0.25) is 0 Å². The van der Waals surface area contributed by atoms with Crippen LogP contribution >= 0.6 is 0 Å². The number of pyridine rings is 1. The Labute approximate surface area is 171 Å². The summed E-state index contributed by atoms with van der Waals surface area (Å²) < 4.78 is 16.5. The summed E-state index contributed by atoms with van der Waals surface area (Å²) in [7, 11) is 3.25. The highest BCUT2D eigenvalue weighted by Crippen LogP contribution is 2.29. The first kappa shape index (κ1) is 20.6. The van der Waals surface area contributed by atoms with Gasteiger partial charge in [-0.1, -0.05) is 18.2 Å². The highest BCUT2D eigenvalue weighted by Gasteiger charge is 2.09. The van der Waals surface area contributed by atoms with E-state index in [0.29, 0.717) is 31.2 Å². The van der Waals surface area contributed by atoms with Crippen LogP contribution in [-0.4, -0.2) is 30.9 Å². The van der Waals surface area contributed by atoms with Crippen molar-refractivity contribution in [2.24, 2.45) is 0 Å². The average Bonchev–Trinajstić information content (AvgIpc) is 2.78. The van der Waals surface area contributed by atoms with Gasteiger partial charge in [0.15, 0.2) is 11.5 Å². The highest BCUT2D eigenvalue weighted by atomic mass is 16.5. The summed E-state index contributed by atoms with van der Waals surface area (Å²) in [6.07, 6.45) is 2.89. The summed E-state index contributed by atoms with van der Waals surface area (Å²) in [4.78, 5) is 4.00. The van der Waals surface area contributed by atoms with Crippen molar-refractivity contribution in [1.82, 2.24) is 10.3 Å². The van der Waals surface area contributed by atoms with Crippen molar-refractivity contribution in [3.05, 3.63) is 83.7 Å². The van der Waals surface area contributed by atoms with Crippen LogP contribution in [0.3, 0.4) is 0 Å². The molecule has 2 N–H and O–H groups in total. The first-order chi connectivity index (χ1) is 14.2. The van der Waals surface area contributed by atoms with E-state index in [1.807, 2.05) is 54.6 Å². The number of hydrogen-bond donors (Lipinski definition) is 2. The third kappa shape index (κ3) is 5.94. The van der Waals surface area contributed by atoms with Crippen molar-refractivity contribution in [2.45, 2.75) is 19.3 Å². The molecule has 6 nitrogen and oxygen atoms in total. The molecule has 1 aromatic heterocycles. The second kappa shape index (κ2) is 10.5. The number of methoxy groups -OCH3 is 2. The molecule has 3 rings (SSSR count). The molecule has 0 fully saturated rings. The van der Waals surface area contributed by atoms with Gasteiger partial charge in [-0.25, -0.2) is 0 Å². The van der Waals surface area contributed by atoms with E-state index in [2.05, 4.69) is 10.3 Å². The molecule has 0 aliphatic rings. The van der Waals surface area contributed by atoms with Crippen molar-refractivity contribution in [3.63, 3.8) is 0 Å². The van der Waals surface area contributed by atoms with Crippen molar-refractivity contribution >= 4 is 0 Å². The Morgan fingerprint density at radius 3 is 2.34 bits per heavy atom. The van der Waals surface area contributed by atoms with Gasteiger partial charge in [0.2, 0.25) is 0 Å². The van der Waals surface area contributed by atoms with Crippen molar-refractivity contribution < 1.29 is 19.3 Å². The Hall–Kier alpha value is -3.09. The molecule has 0 aliphatic heterocycles. The molecule has 0 amide bonds. The fraction of sp³-hybridized carbons (Fsp3) is 0.261. The lowest BCUT2D eigenvalue weighted by Crippen LogP contribution is -2.21. The van der Waals surface area contributed by atoms with Crippen molar-refractivity contribution in [3.8, 4) is 17.2 Å². The second-order valence-corrected chi connectivity index (χ2v) is 6.55. The minimum absolute atomic E-state index is 0.439. The van der Waals surface area contributed by atoms with E-state index in [-0.39, 0.29) is 0 Å². The van der Waals surface area contributed by atoms with Crippen molar-refractivity contribution in [2.75, 3.05) is 20.8 Å². The molecule has 0 spiro atoms. The molecule has 2 aromatic carbocycles. The highest BCUT2D eigenvalue weighted by molar-refractivity contribution is 5.43. The summed E-state index contributed by atoms with van der Waals surface area (Å²) in [5.41, 5.74) is 2.93. The molecule has 3 aromatic rings. The predicted octanol–water partition coefficient (Wildman–Crippen LogP) is 3.50. The van der Waals surface area contributed by atoms with E-state index in [4.69, 9.17) is 14.2 Å². The summed E-state index contributed by atoms with van der Waals surface area (Å²) in [5.74, 6) is 2.13. The van der Waals surface area contributed by atoms with Crippen LogP contribution in [-0.2, 0) is 13.2 Å². The van der Waals surface area contributed by atoms with E-state index >= 15 is 0 Å². The summed E-state index contributed by atoms with van der Waals surface area (Å²) in [6, 6.07) is 17.1. The number of rotatable bonds is 10. The summed E-state index contributed by atoms with van der Waals surface area (Å²) >= 11 is 0. The van der Waals surface area contributed by atoms with Crippen LogP contribution in [0, 0.1) is 0 Å². The molecule has 1 unspecified atom stereocenters. The smallest absolute Gasteiger partial charge is 0.161 e. The predicted molar refractivity (Wildman–Crippen MR) is 111 cm³/mol. The molecular weight excluding hydrogens is 368 g/mol. The van der Waals surface area contributed by atoms with Gasteiger partial charge >= 0.3 is 0 Å². The number of aliphatic hydroxyl groups excluding tert-OH is 1. The number of ether oxygens (including phenoxy) is 3. The first-order valence-electron chi connectivity index (χ1n) is 9.41. The third-order valence-corrected chi connectivity index (χ3v) is 4.54. The monoisotopic (exact) mass is 394 g/mol. The maximum absolute atomic E-state index is 10.3. The first-order valence-corrected chi connectivity index (χ1v) is 9.41. The zero-order chi connectivity index (χ0) is 20.5. The SMILES string of the molecule is COc1ccc(C(O)CNCc2ccc(OCc3ccncc3)c(OC)c2)cc1. The standard InChI is InChI=1S/C23H26N2O4/c1-27-20-6-4-19(5-7-20)21(26)15-25-14-18-3-8-22(23(13-18)28-2)29-16-17-9-11-24-12-10-17/h3-13,21,25-26H,14-16H2,1-2H3. The zero-order valence-corrected chi connectivity index (χ0v) is 16.7. The van der Waals surface area contributed by atoms with Crippen LogP contribution in [0.5, 0.6) is 17.2 Å². The molecule has 6 heteroatoms. The molecule has 0 bridgehead atoms. The van der Waals surface area contributed by atoms with Gasteiger partial charge in [-0.2, -0.15) is 0 Å². The van der Waals surface area contributed by atoms with Gasteiger partial charge in [-0.15, -0.1) is 0 Å². The number of hydrogen-bond acceptors (Lipinski definition) is 6. The van der Waals surface area contributed by atoms with Gasteiger partial charge in [0.25, 0.3) is 0 Å². The maximum atomic E-state index is 10.3. The van der Waals surface area contributed by atoms with Crippen LogP contribution < -0.4 is 19.5 Å².